The van der Waals surface area contributed by atoms with Gasteiger partial charge in [0.15, 0.2) is 0 Å². The first-order valence-electron chi connectivity index (χ1n) is 10.4. The van der Waals surface area contributed by atoms with Gasteiger partial charge in [-0.1, -0.05) is 60.8 Å². The van der Waals surface area contributed by atoms with Crippen LogP contribution in [0.3, 0.4) is 0 Å². The highest BCUT2D eigenvalue weighted by Gasteiger charge is 2.33. The van der Waals surface area contributed by atoms with Crippen molar-refractivity contribution in [1.29, 1.82) is 0 Å². The smallest absolute Gasteiger partial charge is 0.224 e. The Balaban J connectivity index is 1.66. The summed E-state index contributed by atoms with van der Waals surface area (Å²) in [4.78, 5) is 26.9. The van der Waals surface area contributed by atoms with E-state index in [1.54, 1.807) is 29.2 Å². The molecule has 1 aliphatic heterocycles. The van der Waals surface area contributed by atoms with Crippen molar-refractivity contribution in [3.8, 4) is 5.75 Å². The van der Waals surface area contributed by atoms with Crippen molar-refractivity contribution in [1.82, 2.24) is 10.2 Å². The van der Waals surface area contributed by atoms with Gasteiger partial charge in [0.1, 0.15) is 17.7 Å². The third-order valence-corrected chi connectivity index (χ3v) is 6.73. The van der Waals surface area contributed by atoms with E-state index >= 15 is 0 Å². The van der Waals surface area contributed by atoms with Crippen LogP contribution < -0.4 is 10.1 Å². The van der Waals surface area contributed by atoms with Gasteiger partial charge in [0, 0.05) is 16.2 Å². The quantitative estimate of drug-likeness (QED) is 0.568. The molecule has 2 N–H and O–H groups in total. The average molecular weight is 453 g/mol. The zero-order chi connectivity index (χ0) is 23.1. The number of aliphatic hydroxyl groups is 1. The Morgan fingerprint density at radius 2 is 1.91 bits per heavy atom. The first-order valence-corrected chi connectivity index (χ1v) is 11.3. The zero-order valence-corrected chi connectivity index (χ0v) is 19.1. The van der Waals surface area contributed by atoms with Gasteiger partial charge in [-0.05, 0) is 37.1 Å². The first kappa shape index (κ1) is 23.6. The molecule has 1 heterocycles. The number of allylic oxidation sites excluding steroid dienone is 1. The first-order chi connectivity index (χ1) is 15.4. The monoisotopic (exact) mass is 452 g/mol. The number of rotatable bonds is 9. The Hall–Kier alpha value is -3.03. The number of hydrogen-bond donors (Lipinski definition) is 2. The highest BCUT2D eigenvalue weighted by atomic mass is 32.2. The lowest BCUT2D eigenvalue weighted by molar-refractivity contribution is -0.122. The average Bonchev–Trinajstić information content (AvgIpc) is 2.79. The van der Waals surface area contributed by atoms with E-state index < -0.39 is 0 Å². The van der Waals surface area contributed by atoms with Crippen LogP contribution in [0.5, 0.6) is 5.75 Å². The summed E-state index contributed by atoms with van der Waals surface area (Å²) < 4.78 is 5.88. The number of nitrogens with one attached hydrogen (secondary N) is 1. The van der Waals surface area contributed by atoms with Crippen LogP contribution in [0, 0.1) is 0 Å². The van der Waals surface area contributed by atoms with Gasteiger partial charge in [0.05, 0.1) is 19.1 Å². The Labute approximate surface area is 193 Å². The van der Waals surface area contributed by atoms with Crippen LogP contribution in [-0.4, -0.2) is 40.3 Å². The molecule has 0 radical (unpaired) electrons. The van der Waals surface area contributed by atoms with Crippen LogP contribution in [-0.2, 0) is 22.6 Å². The van der Waals surface area contributed by atoms with E-state index in [9.17, 15) is 9.59 Å². The van der Waals surface area contributed by atoms with Crippen LogP contribution in [0.15, 0.2) is 77.4 Å². The molecule has 3 rings (SSSR count). The molecule has 2 atom stereocenters. The summed E-state index contributed by atoms with van der Waals surface area (Å²) in [5.74, 6) is 0.574. The fourth-order valence-corrected chi connectivity index (χ4v) is 4.73. The van der Waals surface area contributed by atoms with Crippen molar-refractivity contribution < 1.29 is 19.4 Å². The topological polar surface area (TPSA) is 78.9 Å². The maximum Gasteiger partial charge on any atom is 0.224 e. The van der Waals surface area contributed by atoms with E-state index in [0.717, 1.165) is 33.7 Å². The largest absolute Gasteiger partial charge is 0.489 e. The van der Waals surface area contributed by atoms with Crippen LogP contribution in [0.4, 0.5) is 0 Å². The molecule has 6 nitrogen and oxygen atoms in total. The van der Waals surface area contributed by atoms with Crippen LogP contribution in [0.2, 0.25) is 0 Å². The predicted octanol–water partition coefficient (Wildman–Crippen LogP) is 3.62. The van der Waals surface area contributed by atoms with E-state index in [2.05, 4.69) is 11.9 Å². The van der Waals surface area contributed by atoms with Crippen LogP contribution >= 0.6 is 11.8 Å². The molecule has 0 bridgehead atoms. The number of ether oxygens (including phenoxy) is 1. The van der Waals surface area contributed by atoms with Crippen molar-refractivity contribution >= 4 is 24.1 Å². The van der Waals surface area contributed by atoms with Gasteiger partial charge < -0.3 is 20.1 Å². The van der Waals surface area contributed by atoms with Gasteiger partial charge in [-0.2, -0.15) is 0 Å². The second-order valence-corrected chi connectivity index (χ2v) is 8.83. The Kier molecular flexibility index (Phi) is 8.14. The van der Waals surface area contributed by atoms with Crippen LogP contribution in [0.25, 0.3) is 0 Å². The van der Waals surface area contributed by atoms with Gasteiger partial charge >= 0.3 is 0 Å². The molecular weight excluding hydrogens is 424 g/mol. The number of amides is 2. The van der Waals surface area contributed by atoms with E-state index in [1.807, 2.05) is 44.2 Å². The molecule has 0 aromatic heterocycles. The molecule has 2 aromatic rings. The zero-order valence-electron chi connectivity index (χ0n) is 18.3. The van der Waals surface area contributed by atoms with Crippen molar-refractivity contribution in [3.63, 3.8) is 0 Å². The fraction of sp³-hybridized carbons (Fsp3) is 0.280. The lowest BCUT2D eigenvalue weighted by Gasteiger charge is -2.39. The van der Waals surface area contributed by atoms with Crippen molar-refractivity contribution in [2.45, 2.75) is 38.3 Å². The highest BCUT2D eigenvalue weighted by Crippen LogP contribution is 2.39. The molecule has 1 aliphatic rings. The number of thioether (sulfide) groups is 1. The SMILES string of the molecule is C=C1SC(C(C)NC(=O)Cc2ccccc2)N(C=O)C(C)=C1COc1ccc(CO)cc1. The van der Waals surface area contributed by atoms with Gasteiger partial charge in [0.25, 0.3) is 0 Å². The summed E-state index contributed by atoms with van der Waals surface area (Å²) in [5, 5.41) is 11.9. The fourth-order valence-electron chi connectivity index (χ4n) is 3.49. The van der Waals surface area contributed by atoms with Gasteiger partial charge in [-0.25, -0.2) is 0 Å². The molecule has 0 saturated carbocycles. The van der Waals surface area contributed by atoms with Crippen molar-refractivity contribution in [3.05, 3.63) is 88.5 Å². The number of aliphatic hydroxyl groups excluding tert-OH is 1. The molecule has 0 spiro atoms. The normalized spacial score (nSPS) is 17.2. The Morgan fingerprint density at radius 1 is 1.22 bits per heavy atom. The molecule has 2 aromatic carbocycles. The summed E-state index contributed by atoms with van der Waals surface area (Å²) in [6.07, 6.45) is 1.07. The summed E-state index contributed by atoms with van der Waals surface area (Å²) >= 11 is 1.44. The molecular formula is C25H28N2O4S. The maximum atomic E-state index is 12.5. The number of carbonyl (C=O) groups is 2. The Bertz CT molecular complexity index is 989. The lowest BCUT2D eigenvalue weighted by Crippen LogP contribution is -2.49. The lowest BCUT2D eigenvalue weighted by atomic mass is 10.1. The summed E-state index contributed by atoms with van der Waals surface area (Å²) in [5.41, 5.74) is 3.34. The summed E-state index contributed by atoms with van der Waals surface area (Å²) in [7, 11) is 0. The van der Waals surface area contributed by atoms with Crippen LogP contribution in [0.1, 0.15) is 25.0 Å². The van der Waals surface area contributed by atoms with E-state index in [1.165, 1.54) is 11.8 Å². The van der Waals surface area contributed by atoms with Crippen molar-refractivity contribution in [2.24, 2.45) is 0 Å². The number of carbonyl (C=O) groups excluding carboxylic acids is 2. The molecule has 7 heteroatoms. The van der Waals surface area contributed by atoms with Gasteiger partial charge in [0.2, 0.25) is 12.3 Å². The van der Waals surface area contributed by atoms with Crippen molar-refractivity contribution in [2.75, 3.05) is 6.61 Å². The number of benzene rings is 2. The molecule has 0 aliphatic carbocycles. The Morgan fingerprint density at radius 3 is 2.53 bits per heavy atom. The molecule has 168 valence electrons. The maximum absolute atomic E-state index is 12.5. The third-order valence-electron chi connectivity index (χ3n) is 5.32. The molecule has 32 heavy (non-hydrogen) atoms. The molecule has 2 amide bonds. The molecule has 0 saturated heterocycles. The van der Waals surface area contributed by atoms with E-state index in [4.69, 9.17) is 9.84 Å². The van der Waals surface area contributed by atoms with Gasteiger partial charge in [-0.3, -0.25) is 9.59 Å². The number of nitrogens with zero attached hydrogens (tertiary/aromatic N) is 1. The van der Waals surface area contributed by atoms with E-state index in [-0.39, 0.29) is 37.0 Å². The standard InChI is InChI=1S/C25H28N2O4S/c1-17(26-24(30)13-20-7-5-4-6-8-20)25-27(16-29)18(2)23(19(3)32-25)15-31-22-11-9-21(14-28)10-12-22/h4-12,16-17,25,28H,3,13-15H2,1-2H3,(H,26,30). The minimum Gasteiger partial charge on any atom is -0.489 e. The summed E-state index contributed by atoms with van der Waals surface area (Å²) in [6.45, 7) is 8.17. The predicted molar refractivity (Wildman–Crippen MR) is 127 cm³/mol. The summed E-state index contributed by atoms with van der Waals surface area (Å²) in [6, 6.07) is 16.5. The second kappa shape index (κ2) is 11.0. The minimum atomic E-state index is -0.299. The molecule has 0 fully saturated rings. The molecule has 2 unspecified atom stereocenters. The number of hydrogen-bond acceptors (Lipinski definition) is 5. The minimum absolute atomic E-state index is 0.0201. The van der Waals surface area contributed by atoms with Gasteiger partial charge in [-0.15, -0.1) is 0 Å². The second-order valence-electron chi connectivity index (χ2n) is 7.62. The third kappa shape index (κ3) is 5.81. The highest BCUT2D eigenvalue weighted by molar-refractivity contribution is 8.04. The van der Waals surface area contributed by atoms with E-state index in [0.29, 0.717) is 5.75 Å².